The van der Waals surface area contributed by atoms with Gasteiger partial charge in [0.05, 0.1) is 0 Å². The Bertz CT molecular complexity index is 127. The van der Waals surface area contributed by atoms with Crippen LogP contribution >= 0.6 is 13.5 Å². The summed E-state index contributed by atoms with van der Waals surface area (Å²) in [4.78, 5) is 0. The molecule has 0 atom stereocenters. The fourth-order valence-electron chi connectivity index (χ4n) is 0. The lowest BCUT2D eigenvalue weighted by Crippen LogP contribution is -1.65. The number of unbranched alkanes of at least 4 members (excludes halogenated alkanes) is 9. The molecule has 0 fully saturated rings. The fraction of sp³-hybridized carbons (Fsp3) is 1.00. The Morgan fingerprint density at radius 1 is 0.220 bits per heavy atom. The molecule has 0 aliphatic rings. The molecule has 0 spiro atoms. The highest BCUT2D eigenvalue weighted by Gasteiger charge is 1.86. The number of alkyl halides is 3. The zero-order valence-electron chi connectivity index (χ0n) is 32.9. The van der Waals surface area contributed by atoms with Crippen LogP contribution in [0.1, 0.15) is 240 Å². The Kier molecular flexibility index (Phi) is 245. The Balaban J connectivity index is -0.0000000270. The van der Waals surface area contributed by atoms with E-state index in [9.17, 15) is 13.2 Å². The molecule has 0 rings (SSSR count). The predicted molar refractivity (Wildman–Crippen MR) is 203 cm³/mol. The molecule has 0 saturated carbocycles. The third-order valence-corrected chi connectivity index (χ3v) is 4.50. The van der Waals surface area contributed by atoms with Crippen molar-refractivity contribution in [1.82, 2.24) is 0 Å². The van der Waals surface area contributed by atoms with Crippen molar-refractivity contribution in [3.8, 4) is 0 Å². The van der Waals surface area contributed by atoms with E-state index < -0.39 is 6.68 Å². The van der Waals surface area contributed by atoms with Crippen LogP contribution in [0.25, 0.3) is 0 Å². The first-order valence-electron chi connectivity index (χ1n) is 17.9. The Hall–Kier alpha value is 0.140. The topological polar surface area (TPSA) is 0 Å². The minimum atomic E-state index is -3.67. The first-order chi connectivity index (χ1) is 19.0. The Labute approximate surface area is 273 Å². The molecule has 0 unspecified atom stereocenters. The summed E-state index contributed by atoms with van der Waals surface area (Å²) < 4.78 is 29.0. The molecule has 0 aromatic carbocycles. The van der Waals surface area contributed by atoms with Crippen molar-refractivity contribution < 1.29 is 13.2 Å². The molecule has 0 aliphatic carbocycles. The highest BCUT2D eigenvalue weighted by molar-refractivity contribution is 7.59. The first kappa shape index (κ1) is 73.0. The Morgan fingerprint density at radius 2 is 0.244 bits per heavy atom. The molecule has 0 bridgehead atoms. The standard InChI is InChI=1S/9C4H10.CHF3.H2S/c9*1-3-4-2;2-1(3)4;/h9*3-4H2,1-2H3;1H;1H2. The van der Waals surface area contributed by atoms with Gasteiger partial charge in [-0.15, -0.1) is 0 Å². The molecule has 268 valence electrons. The minimum Gasteiger partial charge on any atom is -0.197 e. The lowest BCUT2D eigenvalue weighted by molar-refractivity contribution is 0.00819. The smallest absolute Gasteiger partial charge is 0.197 e. The van der Waals surface area contributed by atoms with Crippen molar-refractivity contribution in [2.45, 2.75) is 247 Å². The molecule has 0 amide bonds. The van der Waals surface area contributed by atoms with Crippen molar-refractivity contribution in [1.29, 1.82) is 0 Å². The van der Waals surface area contributed by atoms with Crippen LogP contribution in [0.5, 0.6) is 0 Å². The van der Waals surface area contributed by atoms with Gasteiger partial charge in [0.1, 0.15) is 0 Å². The van der Waals surface area contributed by atoms with Crippen molar-refractivity contribution in [3.05, 3.63) is 0 Å². The second kappa shape index (κ2) is 138. The van der Waals surface area contributed by atoms with E-state index in [-0.39, 0.29) is 13.5 Å². The van der Waals surface area contributed by atoms with Crippen LogP contribution in [-0.2, 0) is 0 Å². The van der Waals surface area contributed by atoms with Crippen LogP contribution in [0.2, 0.25) is 0 Å². The highest BCUT2D eigenvalue weighted by Crippen LogP contribution is 1.87. The molecule has 0 radical (unpaired) electrons. The van der Waals surface area contributed by atoms with E-state index in [2.05, 4.69) is 125 Å². The van der Waals surface area contributed by atoms with E-state index in [1.165, 1.54) is 116 Å². The van der Waals surface area contributed by atoms with Crippen LogP contribution in [-0.4, -0.2) is 6.68 Å². The second-order valence-electron chi connectivity index (χ2n) is 9.25. The molecule has 0 heterocycles. The average molecular weight is 627 g/mol. The van der Waals surface area contributed by atoms with E-state index in [1.54, 1.807) is 0 Å². The number of halogens is 3. The monoisotopic (exact) mass is 627 g/mol. The van der Waals surface area contributed by atoms with E-state index in [1.807, 2.05) is 0 Å². The summed E-state index contributed by atoms with van der Waals surface area (Å²) in [6, 6.07) is 0. The molecule has 0 N–H and O–H groups in total. The lowest BCUT2D eigenvalue weighted by Gasteiger charge is -1.68. The minimum absolute atomic E-state index is 0. The maximum atomic E-state index is 9.67. The second-order valence-corrected chi connectivity index (χ2v) is 9.25. The third-order valence-electron chi connectivity index (χ3n) is 4.50. The van der Waals surface area contributed by atoms with Gasteiger partial charge in [-0.2, -0.15) is 26.7 Å². The van der Waals surface area contributed by atoms with Crippen LogP contribution in [0, 0.1) is 0 Å². The van der Waals surface area contributed by atoms with Gasteiger partial charge in [0.2, 0.25) is 0 Å². The maximum Gasteiger partial charge on any atom is 0.379 e. The molecule has 0 aromatic rings. The van der Waals surface area contributed by atoms with Crippen molar-refractivity contribution in [2.75, 3.05) is 0 Å². The Morgan fingerprint density at radius 3 is 0.244 bits per heavy atom. The molecule has 0 aliphatic heterocycles. The normalized spacial score (nSPS) is 7.46. The van der Waals surface area contributed by atoms with E-state index in [0.29, 0.717) is 0 Å². The van der Waals surface area contributed by atoms with Gasteiger partial charge in [-0.1, -0.05) is 240 Å². The summed E-state index contributed by atoms with van der Waals surface area (Å²) in [5.74, 6) is 0. The predicted octanol–water partition coefficient (Wildman–Crippen LogP) is 17.5. The molecular formula is C37H93F3S. The number of rotatable bonds is 9. The van der Waals surface area contributed by atoms with Gasteiger partial charge in [0, 0.05) is 0 Å². The number of hydrogen-bond donors (Lipinski definition) is 0. The van der Waals surface area contributed by atoms with E-state index >= 15 is 0 Å². The zero-order chi connectivity index (χ0) is 34.3. The molecule has 0 aromatic heterocycles. The summed E-state index contributed by atoms with van der Waals surface area (Å²) in [6.07, 6.45) is 23.7. The maximum absolute atomic E-state index is 9.67. The molecule has 4 heteroatoms. The lowest BCUT2D eigenvalue weighted by atomic mass is 10.4. The van der Waals surface area contributed by atoms with E-state index in [0.717, 1.165) is 0 Å². The van der Waals surface area contributed by atoms with Gasteiger partial charge in [0.15, 0.2) is 0 Å². The average Bonchev–Trinajstić information content (AvgIpc) is 3.01. The van der Waals surface area contributed by atoms with Crippen molar-refractivity contribution in [2.24, 2.45) is 0 Å². The van der Waals surface area contributed by atoms with Crippen LogP contribution in [0.4, 0.5) is 13.2 Å². The summed E-state index contributed by atoms with van der Waals surface area (Å²) >= 11 is 0. The first-order valence-corrected chi connectivity index (χ1v) is 17.9. The zero-order valence-corrected chi connectivity index (χ0v) is 33.9. The van der Waals surface area contributed by atoms with Gasteiger partial charge >= 0.3 is 6.68 Å². The van der Waals surface area contributed by atoms with Crippen LogP contribution < -0.4 is 0 Å². The summed E-state index contributed by atoms with van der Waals surface area (Å²) in [5, 5.41) is 0. The van der Waals surface area contributed by atoms with Crippen molar-refractivity contribution >= 4 is 13.5 Å². The highest BCUT2D eigenvalue weighted by atomic mass is 32.1. The molecule has 41 heavy (non-hydrogen) atoms. The van der Waals surface area contributed by atoms with Gasteiger partial charge in [-0.05, 0) is 0 Å². The number of hydrogen-bond acceptors (Lipinski definition) is 0. The fourth-order valence-corrected chi connectivity index (χ4v) is 0. The summed E-state index contributed by atoms with van der Waals surface area (Å²) in [6.45, 7) is 35.6. The van der Waals surface area contributed by atoms with Gasteiger partial charge in [-0.25, -0.2) is 0 Å². The summed E-state index contributed by atoms with van der Waals surface area (Å²) in [7, 11) is 0. The third kappa shape index (κ3) is 699. The molecular weight excluding hydrogens is 533 g/mol. The molecule has 0 saturated heterocycles. The van der Waals surface area contributed by atoms with Gasteiger partial charge in [0.25, 0.3) is 0 Å². The van der Waals surface area contributed by atoms with Crippen LogP contribution in [0.15, 0.2) is 0 Å². The largest absolute Gasteiger partial charge is 0.379 e. The molecule has 0 nitrogen and oxygen atoms in total. The van der Waals surface area contributed by atoms with Gasteiger partial charge in [-0.3, -0.25) is 0 Å². The summed E-state index contributed by atoms with van der Waals surface area (Å²) in [5.41, 5.74) is 0. The SMILES string of the molecule is CCCC.CCCC.CCCC.CCCC.CCCC.CCCC.CCCC.CCCC.CCCC.FC(F)F.S. The van der Waals surface area contributed by atoms with Gasteiger partial charge < -0.3 is 0 Å². The van der Waals surface area contributed by atoms with Crippen molar-refractivity contribution in [3.63, 3.8) is 0 Å². The van der Waals surface area contributed by atoms with E-state index in [4.69, 9.17) is 0 Å². The van der Waals surface area contributed by atoms with Crippen LogP contribution in [0.3, 0.4) is 0 Å². The quantitative estimate of drug-likeness (QED) is 0.239.